The monoisotopic (exact) mass is 388 g/mol. The summed E-state index contributed by atoms with van der Waals surface area (Å²) in [5, 5.41) is 4.62. The molecule has 3 nitrogen and oxygen atoms in total. The van der Waals surface area contributed by atoms with Crippen LogP contribution in [0.1, 0.15) is 5.69 Å². The lowest BCUT2D eigenvalue weighted by molar-refractivity contribution is 0.417. The topological polar surface area (TPSA) is 34.5 Å². The van der Waals surface area contributed by atoms with Crippen molar-refractivity contribution in [3.8, 4) is 16.9 Å². The van der Waals surface area contributed by atoms with Gasteiger partial charge < -0.3 is 4.74 Å². The van der Waals surface area contributed by atoms with Crippen LogP contribution >= 0.6 is 0 Å². The van der Waals surface area contributed by atoms with Crippen LogP contribution in [-0.4, -0.2) is 18.3 Å². The summed E-state index contributed by atoms with van der Waals surface area (Å²) in [6.45, 7) is 0. The normalized spacial score (nSPS) is 11.4. The Labute approximate surface area is 175 Å². The minimum absolute atomic E-state index is 0.821. The molecule has 0 unspecified atom stereocenters. The molecule has 0 aliphatic rings. The molecule has 0 aliphatic carbocycles. The summed E-state index contributed by atoms with van der Waals surface area (Å²) >= 11 is 0. The van der Waals surface area contributed by atoms with Crippen molar-refractivity contribution in [2.45, 2.75) is 0 Å². The van der Waals surface area contributed by atoms with Crippen molar-refractivity contribution in [3.63, 3.8) is 0 Å². The van der Waals surface area contributed by atoms with Crippen molar-refractivity contribution in [3.05, 3.63) is 103 Å². The number of fused-ring (bicyclic) bond motifs is 2. The molecule has 4 aromatic carbocycles. The highest BCUT2D eigenvalue weighted by atomic mass is 16.5. The number of aliphatic imine (C=N–C) groups is 1. The molecule has 0 saturated carbocycles. The van der Waals surface area contributed by atoms with Crippen LogP contribution in [0.15, 0.2) is 102 Å². The third-order valence-corrected chi connectivity index (χ3v) is 5.29. The zero-order chi connectivity index (χ0) is 20.3. The summed E-state index contributed by atoms with van der Waals surface area (Å²) in [5.41, 5.74) is 3.82. The number of pyridine rings is 1. The zero-order valence-corrected chi connectivity index (χ0v) is 16.6. The van der Waals surface area contributed by atoms with E-state index in [0.29, 0.717) is 0 Å². The number of aromatic nitrogens is 1. The number of methoxy groups -OCH3 is 1. The van der Waals surface area contributed by atoms with Gasteiger partial charge in [0.05, 0.1) is 24.7 Å². The van der Waals surface area contributed by atoms with Crippen LogP contribution in [0.3, 0.4) is 0 Å². The molecule has 5 aromatic rings. The molecule has 0 aliphatic heterocycles. The van der Waals surface area contributed by atoms with E-state index in [9.17, 15) is 0 Å². The van der Waals surface area contributed by atoms with Gasteiger partial charge in [0.2, 0.25) is 0 Å². The lowest BCUT2D eigenvalue weighted by atomic mass is 9.91. The fraction of sp³-hybridized carbons (Fsp3) is 0.0370. The first-order valence-electron chi connectivity index (χ1n) is 9.88. The van der Waals surface area contributed by atoms with Crippen LogP contribution in [0.5, 0.6) is 5.75 Å². The van der Waals surface area contributed by atoms with Crippen molar-refractivity contribution in [2.75, 3.05) is 7.11 Å². The standard InChI is InChI=1S/C27H20N2O/c1-30-25-16-14-20-9-3-5-12-23(20)27(25)26-22-11-4-2-8-19(22)13-15-24(26)29-18-21-10-6-7-17-28-21/h2-18H,1H3. The van der Waals surface area contributed by atoms with Crippen molar-refractivity contribution in [2.24, 2.45) is 4.99 Å². The molecule has 1 heterocycles. The summed E-state index contributed by atoms with van der Waals surface area (Å²) < 4.78 is 5.81. The van der Waals surface area contributed by atoms with E-state index >= 15 is 0 Å². The van der Waals surface area contributed by atoms with Gasteiger partial charge in [0.15, 0.2) is 0 Å². The molecule has 3 heteroatoms. The maximum atomic E-state index is 5.81. The van der Waals surface area contributed by atoms with Gasteiger partial charge in [0.25, 0.3) is 0 Å². The Hall–Kier alpha value is -3.98. The van der Waals surface area contributed by atoms with Gasteiger partial charge in [-0.1, -0.05) is 66.7 Å². The number of hydrogen-bond acceptors (Lipinski definition) is 3. The Morgan fingerprint density at radius 3 is 2.07 bits per heavy atom. The van der Waals surface area contributed by atoms with E-state index in [2.05, 4.69) is 71.7 Å². The zero-order valence-electron chi connectivity index (χ0n) is 16.6. The number of benzene rings is 4. The summed E-state index contributed by atoms with van der Waals surface area (Å²) in [6, 6.07) is 30.9. The number of rotatable bonds is 4. The Balaban J connectivity index is 1.84. The van der Waals surface area contributed by atoms with Crippen LogP contribution in [0.25, 0.3) is 32.7 Å². The molecule has 0 bridgehead atoms. The average Bonchev–Trinajstić information content (AvgIpc) is 2.82. The number of hydrogen-bond donors (Lipinski definition) is 0. The highest BCUT2D eigenvalue weighted by Gasteiger charge is 2.17. The van der Waals surface area contributed by atoms with Crippen LogP contribution in [0, 0.1) is 0 Å². The van der Waals surface area contributed by atoms with E-state index in [-0.39, 0.29) is 0 Å². The Morgan fingerprint density at radius 2 is 1.37 bits per heavy atom. The van der Waals surface area contributed by atoms with E-state index in [4.69, 9.17) is 9.73 Å². The minimum Gasteiger partial charge on any atom is -0.496 e. The van der Waals surface area contributed by atoms with Gasteiger partial charge in [-0.25, -0.2) is 0 Å². The van der Waals surface area contributed by atoms with Gasteiger partial charge in [-0.3, -0.25) is 9.98 Å². The third-order valence-electron chi connectivity index (χ3n) is 5.29. The second-order valence-corrected chi connectivity index (χ2v) is 7.06. The van der Waals surface area contributed by atoms with Gasteiger partial charge in [-0.05, 0) is 45.8 Å². The lowest BCUT2D eigenvalue weighted by Crippen LogP contribution is -1.92. The summed E-state index contributed by atoms with van der Waals surface area (Å²) in [6.07, 6.45) is 3.58. The molecule has 0 radical (unpaired) electrons. The largest absolute Gasteiger partial charge is 0.496 e. The third kappa shape index (κ3) is 3.20. The molecule has 0 N–H and O–H groups in total. The maximum Gasteiger partial charge on any atom is 0.127 e. The van der Waals surface area contributed by atoms with Crippen molar-refractivity contribution in [1.82, 2.24) is 4.98 Å². The van der Waals surface area contributed by atoms with E-state index in [1.807, 2.05) is 30.5 Å². The first kappa shape index (κ1) is 18.1. The van der Waals surface area contributed by atoms with Gasteiger partial charge in [0.1, 0.15) is 5.75 Å². The Kier molecular flexibility index (Phi) is 4.70. The van der Waals surface area contributed by atoms with E-state index in [0.717, 1.165) is 39.0 Å². The number of ether oxygens (including phenoxy) is 1. The molecule has 1 aromatic heterocycles. The summed E-state index contributed by atoms with van der Waals surface area (Å²) in [7, 11) is 1.72. The van der Waals surface area contributed by atoms with E-state index < -0.39 is 0 Å². The van der Waals surface area contributed by atoms with Gasteiger partial charge >= 0.3 is 0 Å². The van der Waals surface area contributed by atoms with Crippen LogP contribution < -0.4 is 4.74 Å². The predicted molar refractivity (Wildman–Crippen MR) is 125 cm³/mol. The van der Waals surface area contributed by atoms with Crippen LogP contribution in [0.2, 0.25) is 0 Å². The molecule has 30 heavy (non-hydrogen) atoms. The fourth-order valence-corrected chi connectivity index (χ4v) is 3.90. The smallest absolute Gasteiger partial charge is 0.127 e. The van der Waals surface area contributed by atoms with Crippen molar-refractivity contribution in [1.29, 1.82) is 0 Å². The molecule has 5 rings (SSSR count). The lowest BCUT2D eigenvalue weighted by Gasteiger charge is -2.16. The van der Waals surface area contributed by atoms with Crippen LogP contribution in [0.4, 0.5) is 5.69 Å². The van der Waals surface area contributed by atoms with E-state index in [1.54, 1.807) is 13.3 Å². The second-order valence-electron chi connectivity index (χ2n) is 7.06. The Morgan fingerprint density at radius 1 is 0.700 bits per heavy atom. The predicted octanol–water partition coefficient (Wildman–Crippen LogP) is 6.81. The van der Waals surface area contributed by atoms with Crippen LogP contribution in [-0.2, 0) is 0 Å². The molecular formula is C27H20N2O. The Bertz CT molecular complexity index is 1370. The van der Waals surface area contributed by atoms with Crippen molar-refractivity contribution >= 4 is 33.4 Å². The first-order chi connectivity index (χ1) is 14.8. The summed E-state index contributed by atoms with van der Waals surface area (Å²) in [4.78, 5) is 9.21. The maximum absolute atomic E-state index is 5.81. The van der Waals surface area contributed by atoms with Crippen molar-refractivity contribution < 1.29 is 4.74 Å². The number of nitrogens with zero attached hydrogens (tertiary/aromatic N) is 2. The average molecular weight is 388 g/mol. The second kappa shape index (κ2) is 7.80. The molecule has 0 amide bonds. The van der Waals surface area contributed by atoms with Gasteiger partial charge in [-0.15, -0.1) is 0 Å². The quantitative estimate of drug-likeness (QED) is 0.317. The first-order valence-corrected chi connectivity index (χ1v) is 9.88. The molecular weight excluding hydrogens is 368 g/mol. The molecule has 0 fully saturated rings. The fourth-order valence-electron chi connectivity index (χ4n) is 3.90. The molecule has 0 spiro atoms. The molecule has 144 valence electrons. The van der Waals surface area contributed by atoms with Gasteiger partial charge in [-0.2, -0.15) is 0 Å². The minimum atomic E-state index is 0.821. The highest BCUT2D eigenvalue weighted by Crippen LogP contribution is 2.45. The van der Waals surface area contributed by atoms with E-state index in [1.165, 1.54) is 10.8 Å². The van der Waals surface area contributed by atoms with Gasteiger partial charge in [0, 0.05) is 17.3 Å². The molecule has 0 atom stereocenters. The highest BCUT2D eigenvalue weighted by molar-refractivity contribution is 6.11. The molecule has 0 saturated heterocycles. The summed E-state index contributed by atoms with van der Waals surface area (Å²) in [5.74, 6) is 0.833. The SMILES string of the molecule is COc1ccc2ccccc2c1-c1c(N=Cc2ccccn2)ccc2ccccc12.